The summed E-state index contributed by atoms with van der Waals surface area (Å²) in [6.07, 6.45) is 1.39. The molecule has 4 N–H and O–H groups in total. The molecule has 1 aromatic rings. The minimum absolute atomic E-state index is 0.204. The third-order valence-corrected chi connectivity index (χ3v) is 3.61. The highest BCUT2D eigenvalue weighted by atomic mass is 32.2. The molecule has 0 radical (unpaired) electrons. The minimum Gasteiger partial charge on any atom is -0.392 e. The molecule has 2 atom stereocenters. The van der Waals surface area contributed by atoms with Crippen molar-refractivity contribution in [1.82, 2.24) is 4.98 Å². The van der Waals surface area contributed by atoms with Gasteiger partial charge in [0.05, 0.1) is 6.10 Å². The summed E-state index contributed by atoms with van der Waals surface area (Å²) in [4.78, 5) is 4.11. The molecule has 2 unspecified atom stereocenters. The van der Waals surface area contributed by atoms with Crippen molar-refractivity contribution < 1.29 is 5.11 Å². The van der Waals surface area contributed by atoms with E-state index < -0.39 is 0 Å². The van der Waals surface area contributed by atoms with E-state index in [1.54, 1.807) is 24.9 Å². The van der Waals surface area contributed by atoms with Crippen molar-refractivity contribution in [2.24, 2.45) is 5.84 Å². The topological polar surface area (TPSA) is 71.2 Å². The average molecular weight is 227 g/mol. The largest absolute Gasteiger partial charge is 0.392 e. The lowest BCUT2D eigenvalue weighted by Crippen LogP contribution is -2.16. The first-order valence-corrected chi connectivity index (χ1v) is 5.90. The lowest BCUT2D eigenvalue weighted by atomic mass is 10.3. The monoisotopic (exact) mass is 227 g/mol. The van der Waals surface area contributed by atoms with E-state index in [4.69, 9.17) is 5.84 Å². The first-order valence-electron chi connectivity index (χ1n) is 4.85. The lowest BCUT2D eigenvalue weighted by molar-refractivity contribution is 0.196. The van der Waals surface area contributed by atoms with E-state index in [0.717, 1.165) is 11.3 Å². The summed E-state index contributed by atoms with van der Waals surface area (Å²) in [5, 5.41) is 9.55. The molecule has 0 aliphatic carbocycles. The van der Waals surface area contributed by atoms with Gasteiger partial charge in [0.25, 0.3) is 0 Å². The molecule has 0 spiro atoms. The van der Waals surface area contributed by atoms with E-state index in [2.05, 4.69) is 10.4 Å². The van der Waals surface area contributed by atoms with E-state index in [9.17, 15) is 5.11 Å². The molecule has 4 nitrogen and oxygen atoms in total. The highest BCUT2D eigenvalue weighted by Gasteiger charge is 2.10. The van der Waals surface area contributed by atoms with E-state index >= 15 is 0 Å². The second-order valence-corrected chi connectivity index (χ2v) is 4.78. The fraction of sp³-hybridized carbons (Fsp3) is 0.500. The molecule has 5 heteroatoms. The van der Waals surface area contributed by atoms with Crippen LogP contribution in [-0.4, -0.2) is 21.4 Å². The number of aliphatic hydroxyl groups excluding tert-OH is 1. The molecule has 15 heavy (non-hydrogen) atoms. The number of aromatic nitrogens is 1. The van der Waals surface area contributed by atoms with Gasteiger partial charge >= 0.3 is 0 Å². The second-order valence-electron chi connectivity index (χ2n) is 3.41. The van der Waals surface area contributed by atoms with Crippen LogP contribution in [-0.2, 0) is 5.75 Å². The van der Waals surface area contributed by atoms with Crippen molar-refractivity contribution in [3.05, 3.63) is 23.9 Å². The first kappa shape index (κ1) is 12.3. The molecule has 0 aliphatic rings. The predicted octanol–water partition coefficient (Wildman–Crippen LogP) is 1.37. The van der Waals surface area contributed by atoms with Gasteiger partial charge in [0.15, 0.2) is 0 Å². The van der Waals surface area contributed by atoms with Crippen LogP contribution in [0.5, 0.6) is 0 Å². The maximum atomic E-state index is 9.35. The first-order chi connectivity index (χ1) is 7.15. The molecule has 84 valence electrons. The number of rotatable bonds is 5. The van der Waals surface area contributed by atoms with E-state index in [1.807, 2.05) is 19.1 Å². The van der Waals surface area contributed by atoms with Crippen molar-refractivity contribution in [2.45, 2.75) is 31.0 Å². The summed E-state index contributed by atoms with van der Waals surface area (Å²) in [5.41, 5.74) is 3.61. The van der Waals surface area contributed by atoms with Gasteiger partial charge in [0, 0.05) is 22.8 Å². The average Bonchev–Trinajstić information content (AvgIpc) is 2.26. The van der Waals surface area contributed by atoms with E-state index in [1.165, 1.54) is 0 Å². The van der Waals surface area contributed by atoms with E-state index in [-0.39, 0.29) is 11.4 Å². The molecule has 0 bridgehead atoms. The van der Waals surface area contributed by atoms with Gasteiger partial charge in [-0.05, 0) is 13.0 Å². The van der Waals surface area contributed by atoms with Crippen LogP contribution in [0.3, 0.4) is 0 Å². The van der Waals surface area contributed by atoms with Crippen molar-refractivity contribution in [2.75, 3.05) is 5.43 Å². The number of nitrogens with one attached hydrogen (secondary N) is 1. The summed E-state index contributed by atoms with van der Waals surface area (Å²) in [6, 6.07) is 3.85. The zero-order chi connectivity index (χ0) is 11.3. The fourth-order valence-corrected chi connectivity index (χ4v) is 2.00. The normalized spacial score (nSPS) is 14.7. The Hall–Kier alpha value is -0.780. The number of anilines is 1. The summed E-state index contributed by atoms with van der Waals surface area (Å²) in [6.45, 7) is 3.80. The number of thioether (sulfide) groups is 1. The molecule has 0 fully saturated rings. The third-order valence-electron chi connectivity index (χ3n) is 2.21. The Bertz CT molecular complexity index is 306. The van der Waals surface area contributed by atoms with Crippen LogP contribution in [0.1, 0.15) is 19.4 Å². The molecule has 0 saturated carbocycles. The number of hydrogen-bond donors (Lipinski definition) is 3. The van der Waals surface area contributed by atoms with Gasteiger partial charge in [-0.15, -0.1) is 0 Å². The van der Waals surface area contributed by atoms with Gasteiger partial charge in [-0.25, -0.2) is 10.8 Å². The molecule has 1 rings (SSSR count). The number of nitrogens with zero attached hydrogens (tertiary/aromatic N) is 1. The minimum atomic E-state index is -0.305. The zero-order valence-electron chi connectivity index (χ0n) is 8.97. The van der Waals surface area contributed by atoms with Crippen LogP contribution in [0.15, 0.2) is 18.3 Å². The Morgan fingerprint density at radius 3 is 2.93 bits per heavy atom. The van der Waals surface area contributed by atoms with Crippen LogP contribution in [0.25, 0.3) is 0 Å². The molecule has 0 amide bonds. The number of nitrogen functional groups attached to an aromatic ring is 1. The smallest absolute Gasteiger partial charge is 0.143 e. The van der Waals surface area contributed by atoms with Gasteiger partial charge in [0.2, 0.25) is 0 Å². The SMILES string of the molecule is CC(O)C(C)SCc1cccnc1NN. The van der Waals surface area contributed by atoms with Crippen LogP contribution in [0.2, 0.25) is 0 Å². The van der Waals surface area contributed by atoms with Gasteiger partial charge in [-0.2, -0.15) is 11.8 Å². The fourth-order valence-electron chi connectivity index (χ4n) is 1.05. The van der Waals surface area contributed by atoms with Gasteiger partial charge < -0.3 is 10.5 Å². The van der Waals surface area contributed by atoms with Gasteiger partial charge in [-0.3, -0.25) is 0 Å². The number of pyridine rings is 1. The Balaban J connectivity index is 2.57. The molecule has 1 aromatic heterocycles. The number of hydrazine groups is 1. The van der Waals surface area contributed by atoms with Crippen molar-refractivity contribution in [1.29, 1.82) is 0 Å². The van der Waals surface area contributed by atoms with Gasteiger partial charge in [-0.1, -0.05) is 13.0 Å². The molecular weight excluding hydrogens is 210 g/mol. The maximum absolute atomic E-state index is 9.35. The number of aliphatic hydroxyl groups is 1. The van der Waals surface area contributed by atoms with Crippen LogP contribution in [0.4, 0.5) is 5.82 Å². The molecular formula is C10H17N3OS. The summed E-state index contributed by atoms with van der Waals surface area (Å²) < 4.78 is 0. The zero-order valence-corrected chi connectivity index (χ0v) is 9.79. The highest BCUT2D eigenvalue weighted by molar-refractivity contribution is 7.99. The summed E-state index contributed by atoms with van der Waals surface area (Å²) in [7, 11) is 0. The summed E-state index contributed by atoms with van der Waals surface area (Å²) >= 11 is 1.68. The number of hydrogen-bond acceptors (Lipinski definition) is 5. The van der Waals surface area contributed by atoms with Crippen LogP contribution in [0, 0.1) is 0 Å². The Kier molecular flexibility index (Phi) is 4.87. The third kappa shape index (κ3) is 3.70. The summed E-state index contributed by atoms with van der Waals surface area (Å²) in [5.74, 6) is 6.83. The molecule has 0 aromatic carbocycles. The Morgan fingerprint density at radius 1 is 1.60 bits per heavy atom. The van der Waals surface area contributed by atoms with E-state index in [0.29, 0.717) is 5.82 Å². The van der Waals surface area contributed by atoms with Crippen LogP contribution < -0.4 is 11.3 Å². The molecule has 0 saturated heterocycles. The highest BCUT2D eigenvalue weighted by Crippen LogP contribution is 2.23. The number of nitrogens with two attached hydrogens (primary N) is 1. The standard InChI is InChI=1S/C10H17N3OS/c1-7(14)8(2)15-6-9-4-3-5-12-10(9)13-11/h3-5,7-8,14H,6,11H2,1-2H3,(H,12,13). The lowest BCUT2D eigenvalue weighted by Gasteiger charge is -2.14. The molecule has 0 aliphatic heterocycles. The second kappa shape index (κ2) is 5.95. The van der Waals surface area contributed by atoms with Crippen molar-refractivity contribution in [3.63, 3.8) is 0 Å². The van der Waals surface area contributed by atoms with Crippen molar-refractivity contribution in [3.8, 4) is 0 Å². The Morgan fingerprint density at radius 2 is 2.33 bits per heavy atom. The Labute approximate surface area is 94.3 Å². The van der Waals surface area contributed by atoms with Crippen LogP contribution >= 0.6 is 11.8 Å². The van der Waals surface area contributed by atoms with Crippen molar-refractivity contribution >= 4 is 17.6 Å². The quantitative estimate of drug-likeness (QED) is 0.523. The van der Waals surface area contributed by atoms with Gasteiger partial charge in [0.1, 0.15) is 5.82 Å². The molecule has 1 heterocycles. The predicted molar refractivity (Wildman–Crippen MR) is 64.5 cm³/mol. The maximum Gasteiger partial charge on any atom is 0.143 e.